The second-order valence-electron chi connectivity index (χ2n) is 4.69. The van der Waals surface area contributed by atoms with Crippen molar-refractivity contribution in [2.45, 2.75) is 18.2 Å². The average molecular weight is 314 g/mol. The maximum atomic E-state index is 12.3. The molecule has 0 saturated heterocycles. The molecule has 7 nitrogen and oxygen atoms in total. The quantitative estimate of drug-likeness (QED) is 0.752. The zero-order valence-electron chi connectivity index (χ0n) is 11.9. The first-order valence-corrected chi connectivity index (χ1v) is 7.98. The summed E-state index contributed by atoms with van der Waals surface area (Å²) in [5, 5.41) is 2.60. The van der Waals surface area contributed by atoms with Crippen molar-refractivity contribution in [3.05, 3.63) is 17.7 Å². The Hall–Kier alpha value is -1.64. The Balaban J connectivity index is 2.22. The molecule has 2 rings (SSSR count). The second kappa shape index (κ2) is 6.42. The van der Waals surface area contributed by atoms with Crippen LogP contribution in [0.25, 0.3) is 0 Å². The zero-order valence-corrected chi connectivity index (χ0v) is 12.7. The van der Waals surface area contributed by atoms with Crippen molar-refractivity contribution in [1.82, 2.24) is 4.72 Å². The van der Waals surface area contributed by atoms with Gasteiger partial charge in [0, 0.05) is 20.3 Å². The number of carbonyl (C=O) groups is 1. The lowest BCUT2D eigenvalue weighted by molar-refractivity contribution is -0.118. The van der Waals surface area contributed by atoms with Crippen LogP contribution < -0.4 is 14.8 Å². The molecule has 0 radical (unpaired) electrons. The van der Waals surface area contributed by atoms with E-state index >= 15 is 0 Å². The number of aryl methyl sites for hydroxylation is 1. The maximum Gasteiger partial charge on any atom is 0.262 e. The van der Waals surface area contributed by atoms with Crippen molar-refractivity contribution in [2.24, 2.45) is 0 Å². The number of carbonyl (C=O) groups excluding carboxylic acids is 1. The molecule has 0 aromatic heterocycles. The SMILES string of the molecule is COCCCNS(=O)(=O)c1cc2c(cc1C)OCC(=O)N2. The van der Waals surface area contributed by atoms with Gasteiger partial charge in [-0.15, -0.1) is 0 Å². The third kappa shape index (κ3) is 3.72. The summed E-state index contributed by atoms with van der Waals surface area (Å²) in [5.74, 6) is 0.174. The van der Waals surface area contributed by atoms with Gasteiger partial charge < -0.3 is 14.8 Å². The maximum absolute atomic E-state index is 12.3. The number of nitrogens with one attached hydrogen (secondary N) is 2. The molecule has 0 atom stereocenters. The predicted octanol–water partition coefficient (Wildman–Crippen LogP) is 0.641. The first-order chi connectivity index (χ1) is 9.94. The minimum atomic E-state index is -3.63. The molecule has 0 bridgehead atoms. The van der Waals surface area contributed by atoms with Crippen molar-refractivity contribution in [2.75, 3.05) is 32.2 Å². The zero-order chi connectivity index (χ0) is 15.5. The van der Waals surface area contributed by atoms with E-state index in [1.54, 1.807) is 20.1 Å². The Kier molecular flexibility index (Phi) is 4.81. The van der Waals surface area contributed by atoms with Gasteiger partial charge >= 0.3 is 0 Å². The molecule has 1 aromatic rings. The number of amides is 1. The van der Waals surface area contributed by atoms with Gasteiger partial charge in [-0.1, -0.05) is 0 Å². The molecule has 1 heterocycles. The smallest absolute Gasteiger partial charge is 0.262 e. The Morgan fingerprint density at radius 2 is 2.19 bits per heavy atom. The van der Waals surface area contributed by atoms with Gasteiger partial charge in [0.1, 0.15) is 5.75 Å². The van der Waals surface area contributed by atoms with Crippen LogP contribution in [0.3, 0.4) is 0 Å². The van der Waals surface area contributed by atoms with Crippen molar-refractivity contribution in [3.8, 4) is 5.75 Å². The first kappa shape index (κ1) is 15.7. The summed E-state index contributed by atoms with van der Waals surface area (Å²) in [6, 6.07) is 3.03. The number of benzene rings is 1. The number of sulfonamides is 1. The molecule has 0 saturated carbocycles. The molecule has 21 heavy (non-hydrogen) atoms. The molecule has 0 unspecified atom stereocenters. The highest BCUT2D eigenvalue weighted by molar-refractivity contribution is 7.89. The highest BCUT2D eigenvalue weighted by atomic mass is 32.2. The van der Waals surface area contributed by atoms with Crippen LogP contribution in [0.1, 0.15) is 12.0 Å². The molecule has 1 aliphatic rings. The summed E-state index contributed by atoms with van der Waals surface area (Å²) in [6.45, 7) is 2.39. The normalized spacial score (nSPS) is 14.3. The summed E-state index contributed by atoms with van der Waals surface area (Å²) in [4.78, 5) is 11.4. The molecular weight excluding hydrogens is 296 g/mol. The van der Waals surface area contributed by atoms with Gasteiger partial charge in [0.25, 0.3) is 5.91 Å². The van der Waals surface area contributed by atoms with Gasteiger partial charge in [-0.2, -0.15) is 0 Å². The van der Waals surface area contributed by atoms with Crippen molar-refractivity contribution < 1.29 is 22.7 Å². The lowest BCUT2D eigenvalue weighted by Gasteiger charge is -2.20. The average Bonchev–Trinajstić information content (AvgIpc) is 2.43. The Morgan fingerprint density at radius 1 is 1.43 bits per heavy atom. The highest BCUT2D eigenvalue weighted by Gasteiger charge is 2.23. The molecule has 0 fully saturated rings. The number of ether oxygens (including phenoxy) is 2. The van der Waals surface area contributed by atoms with Gasteiger partial charge in [0.05, 0.1) is 10.6 Å². The van der Waals surface area contributed by atoms with E-state index in [2.05, 4.69) is 10.0 Å². The van der Waals surface area contributed by atoms with E-state index in [-0.39, 0.29) is 24.0 Å². The van der Waals surface area contributed by atoms with E-state index in [9.17, 15) is 13.2 Å². The number of hydrogen-bond acceptors (Lipinski definition) is 5. The fraction of sp³-hybridized carbons (Fsp3) is 0.462. The van der Waals surface area contributed by atoms with Gasteiger partial charge in [0.15, 0.2) is 6.61 Å². The molecule has 1 aromatic carbocycles. The fourth-order valence-corrected chi connectivity index (χ4v) is 3.32. The largest absolute Gasteiger partial charge is 0.482 e. The molecule has 0 aliphatic carbocycles. The summed E-state index contributed by atoms with van der Waals surface area (Å²) in [7, 11) is -2.07. The monoisotopic (exact) mass is 314 g/mol. The van der Waals surface area contributed by atoms with Crippen LogP contribution in [0.2, 0.25) is 0 Å². The van der Waals surface area contributed by atoms with E-state index < -0.39 is 10.0 Å². The molecule has 116 valence electrons. The van der Waals surface area contributed by atoms with E-state index in [1.807, 2.05) is 0 Å². The Bertz CT molecular complexity index is 642. The minimum absolute atomic E-state index is 0.0617. The van der Waals surface area contributed by atoms with Gasteiger partial charge in [-0.3, -0.25) is 4.79 Å². The van der Waals surface area contributed by atoms with Crippen LogP contribution in [-0.4, -0.2) is 41.2 Å². The van der Waals surface area contributed by atoms with Gasteiger partial charge in [-0.05, 0) is 31.0 Å². The van der Waals surface area contributed by atoms with Crippen LogP contribution in [0, 0.1) is 6.92 Å². The summed E-state index contributed by atoms with van der Waals surface area (Å²) in [5.41, 5.74) is 0.929. The number of hydrogen-bond donors (Lipinski definition) is 2. The first-order valence-electron chi connectivity index (χ1n) is 6.50. The summed E-state index contributed by atoms with van der Waals surface area (Å²) < 4.78 is 37.2. The van der Waals surface area contributed by atoms with E-state index in [0.29, 0.717) is 30.0 Å². The molecule has 1 aliphatic heterocycles. The van der Waals surface area contributed by atoms with E-state index in [1.165, 1.54) is 6.07 Å². The van der Waals surface area contributed by atoms with E-state index in [0.717, 1.165) is 0 Å². The standard InChI is InChI=1S/C13H18N2O5S/c1-9-6-11-10(15-13(16)8-20-11)7-12(9)21(17,18)14-4-3-5-19-2/h6-7,14H,3-5,8H2,1-2H3,(H,15,16). The van der Waals surface area contributed by atoms with Crippen molar-refractivity contribution in [3.63, 3.8) is 0 Å². The third-order valence-electron chi connectivity index (χ3n) is 3.02. The topological polar surface area (TPSA) is 93.7 Å². The number of fused-ring (bicyclic) bond motifs is 1. The number of rotatable bonds is 6. The number of methoxy groups -OCH3 is 1. The van der Waals surface area contributed by atoms with E-state index in [4.69, 9.17) is 9.47 Å². The number of anilines is 1. The predicted molar refractivity (Wildman–Crippen MR) is 77.0 cm³/mol. The lowest BCUT2D eigenvalue weighted by Crippen LogP contribution is -2.28. The van der Waals surface area contributed by atoms with Crippen LogP contribution >= 0.6 is 0 Å². The Labute approximate surface area is 123 Å². The molecular formula is C13H18N2O5S. The molecule has 8 heteroatoms. The second-order valence-corrected chi connectivity index (χ2v) is 6.43. The summed E-state index contributed by atoms with van der Waals surface area (Å²) >= 11 is 0. The van der Waals surface area contributed by atoms with Crippen LogP contribution in [0.15, 0.2) is 17.0 Å². The highest BCUT2D eigenvalue weighted by Crippen LogP contribution is 2.32. The third-order valence-corrected chi connectivity index (χ3v) is 4.62. The summed E-state index contributed by atoms with van der Waals surface area (Å²) in [6.07, 6.45) is 0.583. The Morgan fingerprint density at radius 3 is 2.90 bits per heavy atom. The molecule has 2 N–H and O–H groups in total. The van der Waals surface area contributed by atoms with Crippen LogP contribution in [-0.2, 0) is 19.6 Å². The van der Waals surface area contributed by atoms with Crippen LogP contribution in [0.5, 0.6) is 5.75 Å². The van der Waals surface area contributed by atoms with Gasteiger partial charge in [-0.25, -0.2) is 13.1 Å². The minimum Gasteiger partial charge on any atom is -0.482 e. The van der Waals surface area contributed by atoms with Crippen LogP contribution in [0.4, 0.5) is 5.69 Å². The lowest BCUT2D eigenvalue weighted by atomic mass is 10.2. The molecule has 0 spiro atoms. The van der Waals surface area contributed by atoms with Gasteiger partial charge in [0.2, 0.25) is 10.0 Å². The fourth-order valence-electron chi connectivity index (χ4n) is 2.00. The van der Waals surface area contributed by atoms with Crippen molar-refractivity contribution in [1.29, 1.82) is 0 Å². The molecule has 1 amide bonds. The van der Waals surface area contributed by atoms with Crippen molar-refractivity contribution >= 4 is 21.6 Å².